The van der Waals surface area contributed by atoms with Gasteiger partial charge in [0.1, 0.15) is 0 Å². The van der Waals surface area contributed by atoms with E-state index in [9.17, 15) is 9.59 Å². The van der Waals surface area contributed by atoms with Gasteiger partial charge in [-0.15, -0.1) is 0 Å². The van der Waals surface area contributed by atoms with E-state index in [0.29, 0.717) is 59.3 Å². The molecule has 4 aliphatic heterocycles. The monoisotopic (exact) mass is 654 g/mol. The van der Waals surface area contributed by atoms with Gasteiger partial charge >= 0.3 is 0 Å². The van der Waals surface area contributed by atoms with E-state index in [1.54, 1.807) is 32.8 Å². The first-order valence-corrected chi connectivity index (χ1v) is 17.0. The fourth-order valence-corrected chi connectivity index (χ4v) is 7.64. The minimum Gasteiger partial charge on any atom is -0.493 e. The van der Waals surface area contributed by atoms with Crippen molar-refractivity contribution in [2.24, 2.45) is 5.41 Å². The number of nitrogens with one attached hydrogen (secondary N) is 2. The number of unbranched alkanes of at least 4 members (excludes halogenated alkanes) is 2. The van der Waals surface area contributed by atoms with E-state index < -0.39 is 0 Å². The molecule has 48 heavy (non-hydrogen) atoms. The van der Waals surface area contributed by atoms with Crippen molar-refractivity contribution in [3.63, 3.8) is 0 Å². The van der Waals surface area contributed by atoms with Gasteiger partial charge in [-0.2, -0.15) is 0 Å². The highest BCUT2D eigenvalue weighted by Gasteiger charge is 2.54. The van der Waals surface area contributed by atoms with Crippen molar-refractivity contribution in [3.05, 3.63) is 65.7 Å². The number of ether oxygens (including phenoxy) is 4. The summed E-state index contributed by atoms with van der Waals surface area (Å²) in [4.78, 5) is 30.9. The number of methoxy groups -OCH3 is 2. The molecule has 8 rings (SSSR count). The molecule has 0 radical (unpaired) electrons. The summed E-state index contributed by atoms with van der Waals surface area (Å²) >= 11 is 0. The largest absolute Gasteiger partial charge is 0.493 e. The number of nitrogens with zero attached hydrogens (tertiary/aromatic N) is 2. The van der Waals surface area contributed by atoms with Crippen molar-refractivity contribution in [2.45, 2.75) is 57.0 Å². The number of carbonyl (C=O) groups excluding carboxylic acids is 2. The molecule has 3 aromatic rings. The van der Waals surface area contributed by atoms with Crippen LogP contribution in [-0.4, -0.2) is 80.8 Å². The van der Waals surface area contributed by atoms with Crippen molar-refractivity contribution in [2.75, 3.05) is 57.7 Å². The Morgan fingerprint density at radius 2 is 1.48 bits per heavy atom. The van der Waals surface area contributed by atoms with Crippen LogP contribution in [0, 0.1) is 5.41 Å². The zero-order valence-electron chi connectivity index (χ0n) is 27.5. The molecule has 1 saturated heterocycles. The first-order valence-electron chi connectivity index (χ1n) is 17.0. The van der Waals surface area contributed by atoms with Crippen LogP contribution in [-0.2, 0) is 0 Å². The molecule has 2 N–H and O–H groups in total. The standard InChI is InChI=1S/C37H42N4O7/c1-44-31-13-27-29(38-18-25-12-24(20-40(25)35(27)42)23-6-11-46-21-23)15-33(31)47-9-4-3-5-10-48-34-16-30-28(14-32(34)45-2)36(43)41-22-37(7-8-37)17-26(41)19-39-30/h6,11,13-16,20-21,25-26,38-39H,3-5,7-10,12,17-19,22H2,1-2H3/t25-,26-/m0/s1. The van der Waals surface area contributed by atoms with Gasteiger partial charge in [0.25, 0.3) is 11.8 Å². The smallest absolute Gasteiger partial charge is 0.260 e. The number of carbonyl (C=O) groups is 2. The van der Waals surface area contributed by atoms with Gasteiger partial charge < -0.3 is 43.8 Å². The van der Waals surface area contributed by atoms with Crippen molar-refractivity contribution in [3.8, 4) is 23.0 Å². The van der Waals surface area contributed by atoms with Crippen LogP contribution in [0.3, 0.4) is 0 Å². The second-order valence-electron chi connectivity index (χ2n) is 13.6. The second-order valence-corrected chi connectivity index (χ2v) is 13.6. The number of hydrogen-bond donors (Lipinski definition) is 2. The highest BCUT2D eigenvalue weighted by atomic mass is 16.5. The topological polar surface area (TPSA) is 115 Å². The molecule has 2 fully saturated rings. The Kier molecular flexibility index (Phi) is 7.85. The predicted molar refractivity (Wildman–Crippen MR) is 180 cm³/mol. The van der Waals surface area contributed by atoms with Gasteiger partial charge in [0.05, 0.1) is 68.5 Å². The molecule has 2 amide bonds. The van der Waals surface area contributed by atoms with E-state index in [1.807, 2.05) is 35.4 Å². The highest BCUT2D eigenvalue weighted by Crippen LogP contribution is 2.55. The summed E-state index contributed by atoms with van der Waals surface area (Å²) in [5.41, 5.74) is 5.22. The van der Waals surface area contributed by atoms with E-state index in [-0.39, 0.29) is 23.9 Å². The molecule has 1 aliphatic carbocycles. The molecule has 1 aromatic heterocycles. The van der Waals surface area contributed by atoms with Crippen LogP contribution in [0.5, 0.6) is 23.0 Å². The molecule has 5 aliphatic rings. The molecule has 5 heterocycles. The van der Waals surface area contributed by atoms with Crippen molar-refractivity contribution < 1.29 is 33.0 Å². The van der Waals surface area contributed by atoms with E-state index in [1.165, 1.54) is 12.8 Å². The lowest BCUT2D eigenvalue weighted by Gasteiger charge is -2.21. The Labute approximate surface area is 280 Å². The Morgan fingerprint density at radius 1 is 0.833 bits per heavy atom. The summed E-state index contributed by atoms with van der Waals surface area (Å²) in [6, 6.07) is 9.55. The Hall–Kier alpha value is -4.80. The average molecular weight is 655 g/mol. The number of fused-ring (bicyclic) bond motifs is 4. The fraction of sp³-hybridized carbons (Fsp3) is 0.459. The molecular formula is C37H42N4O7. The first-order chi connectivity index (χ1) is 23.4. The van der Waals surface area contributed by atoms with E-state index in [2.05, 4.69) is 15.5 Å². The van der Waals surface area contributed by atoms with Crippen LogP contribution in [0.1, 0.15) is 71.2 Å². The van der Waals surface area contributed by atoms with Crippen LogP contribution in [0.4, 0.5) is 11.4 Å². The maximum atomic E-state index is 13.6. The molecule has 1 spiro atoms. The molecule has 252 valence electrons. The minimum atomic E-state index is -0.0661. The average Bonchev–Trinajstić information content (AvgIpc) is 3.42. The Morgan fingerprint density at radius 3 is 2.08 bits per heavy atom. The minimum absolute atomic E-state index is 0.0180. The van der Waals surface area contributed by atoms with Crippen LogP contribution >= 0.6 is 0 Å². The fourth-order valence-electron chi connectivity index (χ4n) is 7.64. The lowest BCUT2D eigenvalue weighted by atomic mass is 10.0. The van der Waals surface area contributed by atoms with Gasteiger partial charge in [-0.05, 0) is 74.1 Å². The van der Waals surface area contributed by atoms with Gasteiger partial charge in [-0.25, -0.2) is 0 Å². The first kappa shape index (κ1) is 30.5. The zero-order valence-corrected chi connectivity index (χ0v) is 27.5. The summed E-state index contributed by atoms with van der Waals surface area (Å²) in [6.45, 7) is 3.27. The summed E-state index contributed by atoms with van der Waals surface area (Å²) in [6.07, 6.45) is 12.2. The third kappa shape index (κ3) is 5.58. The van der Waals surface area contributed by atoms with Crippen LogP contribution in [0.25, 0.3) is 5.57 Å². The quantitative estimate of drug-likeness (QED) is 0.239. The van der Waals surface area contributed by atoms with Crippen LogP contribution in [0.15, 0.2) is 53.5 Å². The summed E-state index contributed by atoms with van der Waals surface area (Å²) < 4.78 is 28.8. The van der Waals surface area contributed by atoms with Crippen molar-refractivity contribution >= 4 is 28.8 Å². The summed E-state index contributed by atoms with van der Waals surface area (Å²) in [7, 11) is 3.20. The lowest BCUT2D eigenvalue weighted by Crippen LogP contribution is -2.37. The molecule has 0 bridgehead atoms. The van der Waals surface area contributed by atoms with Gasteiger partial charge in [-0.1, -0.05) is 0 Å². The molecule has 11 nitrogen and oxygen atoms in total. The molecule has 0 unspecified atom stereocenters. The maximum absolute atomic E-state index is 13.6. The number of amides is 2. The van der Waals surface area contributed by atoms with Gasteiger partial charge in [-0.3, -0.25) is 9.59 Å². The molecule has 2 aromatic carbocycles. The molecule has 2 atom stereocenters. The van der Waals surface area contributed by atoms with E-state index in [4.69, 9.17) is 23.4 Å². The van der Waals surface area contributed by atoms with Crippen molar-refractivity contribution in [1.29, 1.82) is 0 Å². The SMILES string of the molecule is COc1cc2c(cc1OCCCCCOc1cc3c(cc1OC)C(=O)N1CC4(CC4)C[C@H]1CN3)NC[C@@H]1CC(c3ccoc3)=CN1C2=O. The predicted octanol–water partition coefficient (Wildman–Crippen LogP) is 6.03. The zero-order chi connectivity index (χ0) is 32.8. The maximum Gasteiger partial charge on any atom is 0.260 e. The van der Waals surface area contributed by atoms with Crippen LogP contribution < -0.4 is 29.6 Å². The number of benzene rings is 2. The third-order valence-electron chi connectivity index (χ3n) is 10.5. The van der Waals surface area contributed by atoms with Gasteiger partial charge in [0, 0.05) is 49.6 Å². The van der Waals surface area contributed by atoms with E-state index in [0.717, 1.165) is 67.7 Å². The normalized spacial score (nSPS) is 21.6. The van der Waals surface area contributed by atoms with Crippen molar-refractivity contribution in [1.82, 2.24) is 9.80 Å². The Bertz CT molecular complexity index is 1750. The second kappa shape index (κ2) is 12.3. The number of anilines is 2. The molecular weight excluding hydrogens is 612 g/mol. The number of rotatable bonds is 11. The van der Waals surface area contributed by atoms with E-state index >= 15 is 0 Å². The number of hydrogen-bond acceptors (Lipinski definition) is 9. The highest BCUT2D eigenvalue weighted by molar-refractivity contribution is 6.03. The van der Waals surface area contributed by atoms with Gasteiger partial charge in [0.15, 0.2) is 23.0 Å². The van der Waals surface area contributed by atoms with Gasteiger partial charge in [0.2, 0.25) is 0 Å². The lowest BCUT2D eigenvalue weighted by molar-refractivity contribution is 0.0743. The molecule has 1 saturated carbocycles. The summed E-state index contributed by atoms with van der Waals surface area (Å²) in [5.74, 6) is 2.36. The third-order valence-corrected chi connectivity index (χ3v) is 10.5. The molecule has 11 heteroatoms. The number of furan rings is 1. The van der Waals surface area contributed by atoms with Crippen LogP contribution in [0.2, 0.25) is 0 Å². The summed E-state index contributed by atoms with van der Waals surface area (Å²) in [5, 5.41) is 6.97. The Balaban J connectivity index is 0.841.